The lowest BCUT2D eigenvalue weighted by Crippen LogP contribution is -2.31. The molecule has 3 nitrogen and oxygen atoms in total. The molecule has 2 atom stereocenters. The normalized spacial score (nSPS) is 32.0. The van der Waals surface area contributed by atoms with E-state index in [4.69, 9.17) is 0 Å². The second-order valence-corrected chi connectivity index (χ2v) is 2.38. The third-order valence-corrected chi connectivity index (χ3v) is 1.53. The Labute approximate surface area is 57.6 Å². The molecule has 1 aliphatic rings. The third kappa shape index (κ3) is 1.15. The maximum atomic E-state index is 12.4. The number of hydrogen-bond acceptors (Lipinski definition) is 2. The van der Waals surface area contributed by atoms with Crippen LogP contribution in [0.1, 0.15) is 13.3 Å². The van der Waals surface area contributed by atoms with Crippen LogP contribution in [-0.4, -0.2) is 23.9 Å². The van der Waals surface area contributed by atoms with Crippen LogP contribution in [0, 0.1) is 0 Å². The van der Waals surface area contributed by atoms with E-state index >= 15 is 0 Å². The fraction of sp³-hybridized carbons (Fsp3) is 0.667. The van der Waals surface area contributed by atoms with Crippen LogP contribution >= 0.6 is 0 Å². The number of ketones is 1. The lowest BCUT2D eigenvalue weighted by Gasteiger charge is -2.01. The minimum Gasteiger partial charge on any atom is -0.344 e. The molecule has 1 N–H and O–H groups in total. The fourth-order valence-electron chi connectivity index (χ4n) is 0.903. The number of alkyl halides is 1. The molecular weight excluding hydrogens is 137 g/mol. The molecule has 4 heteroatoms. The number of nitrogens with one attached hydrogen (secondary N) is 1. The molecule has 0 aromatic carbocycles. The number of amides is 1. The molecule has 1 heterocycles. The van der Waals surface area contributed by atoms with Gasteiger partial charge in [0.1, 0.15) is 0 Å². The van der Waals surface area contributed by atoms with E-state index in [0.717, 1.165) is 0 Å². The van der Waals surface area contributed by atoms with Gasteiger partial charge in [-0.1, -0.05) is 0 Å². The summed E-state index contributed by atoms with van der Waals surface area (Å²) in [6, 6.07) is -0.595. The van der Waals surface area contributed by atoms with Gasteiger partial charge >= 0.3 is 0 Å². The van der Waals surface area contributed by atoms with E-state index in [9.17, 15) is 14.0 Å². The zero-order valence-corrected chi connectivity index (χ0v) is 5.56. The van der Waals surface area contributed by atoms with Crippen molar-refractivity contribution in [1.29, 1.82) is 0 Å². The summed E-state index contributed by atoms with van der Waals surface area (Å²) in [5, 5.41) is 2.24. The lowest BCUT2D eigenvalue weighted by atomic mass is 10.1. The van der Waals surface area contributed by atoms with E-state index in [-0.39, 0.29) is 12.2 Å². The standard InChI is InChI=1S/C6H8FNO2/c1-3(9)5-2-4(7)6(10)8-5/h4-5H,2H2,1H3,(H,8,10)/t4-,5+/m1/s1. The largest absolute Gasteiger partial charge is 0.344 e. The molecule has 10 heavy (non-hydrogen) atoms. The predicted octanol–water partition coefficient (Wildman–Crippen LogP) is -0.198. The van der Waals surface area contributed by atoms with Gasteiger partial charge in [-0.25, -0.2) is 4.39 Å². The van der Waals surface area contributed by atoms with Gasteiger partial charge in [-0.2, -0.15) is 0 Å². The van der Waals surface area contributed by atoms with Crippen LogP contribution in [0.15, 0.2) is 0 Å². The highest BCUT2D eigenvalue weighted by Crippen LogP contribution is 2.11. The van der Waals surface area contributed by atoms with Crippen LogP contribution in [0.5, 0.6) is 0 Å². The number of carbonyl (C=O) groups is 2. The summed E-state index contributed by atoms with van der Waals surface area (Å²) in [7, 11) is 0. The Morgan fingerprint density at radius 3 is 2.60 bits per heavy atom. The summed E-state index contributed by atoms with van der Waals surface area (Å²) in [4.78, 5) is 21.0. The number of rotatable bonds is 1. The topological polar surface area (TPSA) is 46.2 Å². The predicted molar refractivity (Wildman–Crippen MR) is 32.1 cm³/mol. The zero-order chi connectivity index (χ0) is 7.72. The Bertz CT molecular complexity index is 181. The summed E-state index contributed by atoms with van der Waals surface area (Å²) >= 11 is 0. The SMILES string of the molecule is CC(=O)[C@@H]1C[C@@H](F)C(=O)N1. The quantitative estimate of drug-likeness (QED) is 0.555. The van der Waals surface area contributed by atoms with E-state index in [1.54, 1.807) is 0 Å². The number of hydrogen-bond donors (Lipinski definition) is 1. The molecule has 56 valence electrons. The van der Waals surface area contributed by atoms with Crippen molar-refractivity contribution >= 4 is 11.7 Å². The summed E-state index contributed by atoms with van der Waals surface area (Å²) in [6.07, 6.45) is -1.50. The molecule has 1 amide bonds. The monoisotopic (exact) mass is 145 g/mol. The Hall–Kier alpha value is -0.930. The van der Waals surface area contributed by atoms with E-state index in [2.05, 4.69) is 5.32 Å². The van der Waals surface area contributed by atoms with E-state index in [1.165, 1.54) is 6.92 Å². The van der Waals surface area contributed by atoms with Crippen molar-refractivity contribution < 1.29 is 14.0 Å². The van der Waals surface area contributed by atoms with E-state index in [1.807, 2.05) is 0 Å². The van der Waals surface area contributed by atoms with Crippen molar-refractivity contribution in [1.82, 2.24) is 5.32 Å². The summed E-state index contributed by atoms with van der Waals surface area (Å²) in [5.74, 6) is -0.853. The second-order valence-electron chi connectivity index (χ2n) is 2.38. The molecule has 0 unspecified atom stereocenters. The summed E-state index contributed by atoms with van der Waals surface area (Å²) in [6.45, 7) is 1.34. The minimum atomic E-state index is -1.49. The first-order chi connectivity index (χ1) is 4.61. The highest BCUT2D eigenvalue weighted by Gasteiger charge is 2.33. The first-order valence-electron chi connectivity index (χ1n) is 3.06. The molecule has 1 aliphatic heterocycles. The van der Waals surface area contributed by atoms with Gasteiger partial charge < -0.3 is 5.32 Å². The Morgan fingerprint density at radius 1 is 1.80 bits per heavy atom. The molecule has 0 radical (unpaired) electrons. The highest BCUT2D eigenvalue weighted by atomic mass is 19.1. The molecule has 0 bridgehead atoms. The van der Waals surface area contributed by atoms with Gasteiger partial charge in [-0.15, -0.1) is 0 Å². The maximum Gasteiger partial charge on any atom is 0.255 e. The van der Waals surface area contributed by atoms with Gasteiger partial charge in [0.25, 0.3) is 5.91 Å². The Balaban J connectivity index is 2.57. The van der Waals surface area contributed by atoms with Crippen molar-refractivity contribution in [3.05, 3.63) is 0 Å². The van der Waals surface area contributed by atoms with Crippen molar-refractivity contribution in [2.24, 2.45) is 0 Å². The maximum absolute atomic E-state index is 12.4. The van der Waals surface area contributed by atoms with Gasteiger partial charge in [0.2, 0.25) is 0 Å². The molecule has 0 aliphatic carbocycles. The molecule has 1 saturated heterocycles. The Kier molecular flexibility index (Phi) is 1.70. The Morgan fingerprint density at radius 2 is 2.40 bits per heavy atom. The second kappa shape index (κ2) is 2.36. The van der Waals surface area contributed by atoms with Crippen molar-refractivity contribution in [3.8, 4) is 0 Å². The number of carbonyl (C=O) groups excluding carboxylic acids is 2. The lowest BCUT2D eigenvalue weighted by molar-refractivity contribution is -0.125. The number of Topliss-reactive ketones (excluding diaryl/α,β-unsaturated/α-hetero) is 1. The first-order valence-corrected chi connectivity index (χ1v) is 3.06. The van der Waals surface area contributed by atoms with Gasteiger partial charge in [0.05, 0.1) is 6.04 Å². The smallest absolute Gasteiger partial charge is 0.255 e. The molecule has 0 aromatic rings. The van der Waals surface area contributed by atoms with E-state index < -0.39 is 18.1 Å². The van der Waals surface area contributed by atoms with Gasteiger partial charge in [-0.3, -0.25) is 9.59 Å². The average Bonchev–Trinajstić information content (AvgIpc) is 2.13. The van der Waals surface area contributed by atoms with Crippen LogP contribution in [-0.2, 0) is 9.59 Å². The zero-order valence-electron chi connectivity index (χ0n) is 5.56. The fourth-order valence-corrected chi connectivity index (χ4v) is 0.903. The first kappa shape index (κ1) is 7.18. The molecular formula is C6H8FNO2. The summed E-state index contributed by atoms with van der Waals surface area (Å²) < 4.78 is 12.4. The van der Waals surface area contributed by atoms with Crippen LogP contribution < -0.4 is 5.32 Å². The summed E-state index contributed by atoms with van der Waals surface area (Å²) in [5.41, 5.74) is 0. The number of halogens is 1. The van der Waals surface area contributed by atoms with Crippen LogP contribution in [0.2, 0.25) is 0 Å². The van der Waals surface area contributed by atoms with Gasteiger partial charge in [0, 0.05) is 6.42 Å². The molecule has 0 spiro atoms. The minimum absolute atomic E-state index is 0.00579. The average molecular weight is 145 g/mol. The third-order valence-electron chi connectivity index (χ3n) is 1.53. The van der Waals surface area contributed by atoms with Gasteiger partial charge in [-0.05, 0) is 6.92 Å². The molecule has 1 fully saturated rings. The highest BCUT2D eigenvalue weighted by molar-refractivity contribution is 5.92. The van der Waals surface area contributed by atoms with Gasteiger partial charge in [0.15, 0.2) is 12.0 Å². The van der Waals surface area contributed by atoms with E-state index in [0.29, 0.717) is 0 Å². The van der Waals surface area contributed by atoms with Crippen molar-refractivity contribution in [2.75, 3.05) is 0 Å². The van der Waals surface area contributed by atoms with Crippen LogP contribution in [0.3, 0.4) is 0 Å². The molecule has 0 saturated carbocycles. The van der Waals surface area contributed by atoms with Crippen LogP contribution in [0.25, 0.3) is 0 Å². The molecule has 0 aromatic heterocycles. The van der Waals surface area contributed by atoms with Crippen LogP contribution in [0.4, 0.5) is 4.39 Å². The van der Waals surface area contributed by atoms with Crippen molar-refractivity contribution in [3.63, 3.8) is 0 Å². The molecule has 1 rings (SSSR count). The van der Waals surface area contributed by atoms with Crippen molar-refractivity contribution in [2.45, 2.75) is 25.6 Å².